The molecule has 162 valence electrons. The van der Waals surface area contributed by atoms with E-state index in [4.69, 9.17) is 0 Å². The molecule has 1 aliphatic heterocycles. The van der Waals surface area contributed by atoms with Crippen molar-refractivity contribution in [2.75, 3.05) is 25.0 Å². The van der Waals surface area contributed by atoms with Crippen LogP contribution in [0.15, 0.2) is 59.3 Å². The largest absolute Gasteiger partial charge is 0.303 e. The molecule has 2 aliphatic rings. The topological polar surface area (TPSA) is 18.8 Å². The number of rotatable bonds is 7. The lowest BCUT2D eigenvalue weighted by atomic mass is 9.82. The third-order valence-corrected chi connectivity index (χ3v) is 6.79. The molecule has 0 radical (unpaired) electrons. The standard InChI is InChI=1S/C27H39N3/c1-20(2)24-13-15-25(16-14-24)27(29-17-8-7-9-18-29)23(5)30(19-28-6)26-21(3)11-10-12-22(26)4/h10-12,15,19,24,27H,1,5,7-9,13-14,16-18H2,2-4,6H3/b28-19-. The van der Waals surface area contributed by atoms with E-state index in [2.05, 4.69) is 73.0 Å². The maximum Gasteiger partial charge on any atom is 0.0934 e. The molecule has 1 aromatic carbocycles. The Labute approximate surface area is 183 Å². The summed E-state index contributed by atoms with van der Waals surface area (Å²) >= 11 is 0. The number of para-hydroxylation sites is 1. The van der Waals surface area contributed by atoms with Crippen molar-refractivity contribution in [2.45, 2.75) is 65.3 Å². The minimum Gasteiger partial charge on any atom is -0.303 e. The first-order valence-electron chi connectivity index (χ1n) is 11.5. The van der Waals surface area contributed by atoms with Crippen LogP contribution in [0.5, 0.6) is 0 Å². The van der Waals surface area contributed by atoms with Gasteiger partial charge in [-0.1, -0.05) is 55.0 Å². The normalized spacial score (nSPS) is 21.3. The molecule has 1 aliphatic carbocycles. The zero-order chi connectivity index (χ0) is 21.7. The summed E-state index contributed by atoms with van der Waals surface area (Å²) < 4.78 is 0. The maximum atomic E-state index is 4.67. The van der Waals surface area contributed by atoms with E-state index in [0.29, 0.717) is 5.92 Å². The highest BCUT2D eigenvalue weighted by Crippen LogP contribution is 2.37. The summed E-state index contributed by atoms with van der Waals surface area (Å²) in [4.78, 5) is 9.32. The molecule has 3 nitrogen and oxygen atoms in total. The minimum absolute atomic E-state index is 0.244. The summed E-state index contributed by atoms with van der Waals surface area (Å²) in [7, 11) is 1.85. The summed E-state index contributed by atoms with van der Waals surface area (Å²) in [6, 6.07) is 6.73. The number of hydrogen-bond donors (Lipinski definition) is 0. The van der Waals surface area contributed by atoms with Crippen molar-refractivity contribution >= 4 is 12.0 Å². The van der Waals surface area contributed by atoms with Gasteiger partial charge in [0.15, 0.2) is 0 Å². The monoisotopic (exact) mass is 405 g/mol. The molecule has 30 heavy (non-hydrogen) atoms. The fraction of sp³-hybridized carbons (Fsp3) is 0.519. The van der Waals surface area contributed by atoms with Gasteiger partial charge in [-0.15, -0.1) is 0 Å². The summed E-state index contributed by atoms with van der Waals surface area (Å²) in [6.45, 7) is 17.7. The molecule has 3 heteroatoms. The van der Waals surface area contributed by atoms with Crippen molar-refractivity contribution in [2.24, 2.45) is 10.9 Å². The highest BCUT2D eigenvalue weighted by molar-refractivity contribution is 5.86. The molecule has 0 spiro atoms. The number of aliphatic imine (C=N–C) groups is 1. The third kappa shape index (κ3) is 4.95. The third-order valence-electron chi connectivity index (χ3n) is 6.79. The van der Waals surface area contributed by atoms with Gasteiger partial charge in [-0.2, -0.15) is 0 Å². The molecule has 3 rings (SSSR count). The highest BCUT2D eigenvalue weighted by atomic mass is 15.2. The Morgan fingerprint density at radius 1 is 1.17 bits per heavy atom. The zero-order valence-electron chi connectivity index (χ0n) is 19.5. The van der Waals surface area contributed by atoms with Crippen molar-refractivity contribution in [1.29, 1.82) is 0 Å². The van der Waals surface area contributed by atoms with Crippen LogP contribution in [-0.2, 0) is 0 Å². The molecule has 0 bridgehead atoms. The number of benzene rings is 1. The van der Waals surface area contributed by atoms with E-state index in [1.807, 2.05) is 13.4 Å². The van der Waals surface area contributed by atoms with E-state index < -0.39 is 0 Å². The smallest absolute Gasteiger partial charge is 0.0934 e. The van der Waals surface area contributed by atoms with Gasteiger partial charge in [-0.25, -0.2) is 0 Å². The van der Waals surface area contributed by atoms with Gasteiger partial charge in [0, 0.05) is 12.7 Å². The summed E-state index contributed by atoms with van der Waals surface area (Å²) in [5.74, 6) is 0.621. The Bertz CT molecular complexity index is 806. The van der Waals surface area contributed by atoms with Crippen LogP contribution in [0.1, 0.15) is 56.6 Å². The molecule has 1 heterocycles. The van der Waals surface area contributed by atoms with Crippen molar-refractivity contribution < 1.29 is 0 Å². The summed E-state index contributed by atoms with van der Waals surface area (Å²) in [5, 5.41) is 0. The highest BCUT2D eigenvalue weighted by Gasteiger charge is 2.32. The van der Waals surface area contributed by atoms with Crippen LogP contribution in [0.4, 0.5) is 5.69 Å². The molecule has 0 amide bonds. The second kappa shape index (κ2) is 10.3. The zero-order valence-corrected chi connectivity index (χ0v) is 19.5. The number of nitrogens with zero attached hydrogens (tertiary/aromatic N) is 3. The van der Waals surface area contributed by atoms with E-state index in [-0.39, 0.29) is 6.04 Å². The van der Waals surface area contributed by atoms with Crippen molar-refractivity contribution in [3.8, 4) is 0 Å². The lowest BCUT2D eigenvalue weighted by molar-refractivity contribution is 0.197. The average Bonchev–Trinajstić information content (AvgIpc) is 2.74. The van der Waals surface area contributed by atoms with Crippen LogP contribution in [-0.4, -0.2) is 37.4 Å². The number of likely N-dealkylation sites (tertiary alicyclic amines) is 1. The van der Waals surface area contributed by atoms with Crippen LogP contribution in [0.3, 0.4) is 0 Å². The first kappa shape index (κ1) is 22.6. The molecular formula is C27H39N3. The van der Waals surface area contributed by atoms with Gasteiger partial charge < -0.3 is 4.90 Å². The number of allylic oxidation sites excluding steroid dienone is 2. The van der Waals surface area contributed by atoms with Crippen LogP contribution < -0.4 is 4.90 Å². The summed E-state index contributed by atoms with van der Waals surface area (Å²) in [5.41, 5.74) is 7.70. The second-order valence-electron chi connectivity index (χ2n) is 9.07. The SMILES string of the molecule is C=C(C)C1CC=C(C(C(=C)N(/C=N\C)c2c(C)cccc2C)N2CCCCC2)CC1. The van der Waals surface area contributed by atoms with Gasteiger partial charge in [-0.3, -0.25) is 9.89 Å². The van der Waals surface area contributed by atoms with Gasteiger partial charge in [0.25, 0.3) is 0 Å². The minimum atomic E-state index is 0.244. The molecule has 1 aromatic rings. The maximum absolute atomic E-state index is 4.67. The number of aryl methyl sites for hydroxylation is 2. The van der Waals surface area contributed by atoms with Crippen LogP contribution >= 0.6 is 0 Å². The van der Waals surface area contributed by atoms with E-state index in [0.717, 1.165) is 31.6 Å². The van der Waals surface area contributed by atoms with E-state index >= 15 is 0 Å². The van der Waals surface area contributed by atoms with Crippen LogP contribution in [0.25, 0.3) is 0 Å². The number of hydrogen-bond acceptors (Lipinski definition) is 2. The molecule has 0 aromatic heterocycles. The van der Waals surface area contributed by atoms with Gasteiger partial charge in [0.2, 0.25) is 0 Å². The van der Waals surface area contributed by atoms with E-state index in [1.54, 1.807) is 0 Å². The van der Waals surface area contributed by atoms with E-state index in [1.165, 1.54) is 53.6 Å². The first-order chi connectivity index (χ1) is 14.4. The number of piperidine rings is 1. The Hall–Kier alpha value is -2.13. The summed E-state index contributed by atoms with van der Waals surface area (Å²) in [6.07, 6.45) is 11.8. The Balaban J connectivity index is 1.99. The lowest BCUT2D eigenvalue weighted by Crippen LogP contribution is -2.46. The predicted octanol–water partition coefficient (Wildman–Crippen LogP) is 6.44. The van der Waals surface area contributed by atoms with Gasteiger partial charge in [0.05, 0.1) is 18.1 Å². The predicted molar refractivity (Wildman–Crippen MR) is 131 cm³/mol. The fourth-order valence-corrected chi connectivity index (χ4v) is 5.09. The molecule has 1 saturated heterocycles. The average molecular weight is 406 g/mol. The van der Waals surface area contributed by atoms with Crippen LogP contribution in [0.2, 0.25) is 0 Å². The quantitative estimate of drug-likeness (QED) is 0.295. The molecule has 2 atom stereocenters. The van der Waals surface area contributed by atoms with Crippen molar-refractivity contribution in [3.63, 3.8) is 0 Å². The molecule has 0 saturated carbocycles. The fourth-order valence-electron chi connectivity index (χ4n) is 5.09. The van der Waals surface area contributed by atoms with E-state index in [9.17, 15) is 0 Å². The Morgan fingerprint density at radius 3 is 2.37 bits per heavy atom. The molecular weight excluding hydrogens is 366 g/mol. The molecule has 0 N–H and O–H groups in total. The Kier molecular flexibility index (Phi) is 7.71. The Morgan fingerprint density at radius 2 is 1.83 bits per heavy atom. The van der Waals surface area contributed by atoms with Crippen LogP contribution in [0, 0.1) is 19.8 Å². The molecule has 2 unspecified atom stereocenters. The number of anilines is 1. The molecule has 1 fully saturated rings. The van der Waals surface area contributed by atoms with Crippen molar-refractivity contribution in [1.82, 2.24) is 4.90 Å². The van der Waals surface area contributed by atoms with Gasteiger partial charge in [0.1, 0.15) is 0 Å². The first-order valence-corrected chi connectivity index (χ1v) is 11.5. The lowest BCUT2D eigenvalue weighted by Gasteiger charge is -2.42. The van der Waals surface area contributed by atoms with Crippen molar-refractivity contribution in [3.05, 3.63) is 65.4 Å². The second-order valence-corrected chi connectivity index (χ2v) is 9.07. The van der Waals surface area contributed by atoms with Gasteiger partial charge in [-0.05, 0) is 83.0 Å². The van der Waals surface area contributed by atoms with Gasteiger partial charge >= 0.3 is 0 Å².